The average molecular weight is 339 g/mol. The van der Waals surface area contributed by atoms with E-state index in [1.807, 2.05) is 37.1 Å². The second kappa shape index (κ2) is 7.23. The SMILES string of the molecule is CC(C(=O)N1CCCCC1)N(C)Cc1ccccc1Br. The fourth-order valence-electron chi connectivity index (χ4n) is 2.60. The molecule has 0 aliphatic carbocycles. The number of carbonyl (C=O) groups is 1. The first-order chi connectivity index (χ1) is 9.59. The van der Waals surface area contributed by atoms with Crippen molar-refractivity contribution in [3.05, 3.63) is 34.3 Å². The Morgan fingerprint density at radius 2 is 1.95 bits per heavy atom. The van der Waals surface area contributed by atoms with Crippen molar-refractivity contribution in [3.63, 3.8) is 0 Å². The van der Waals surface area contributed by atoms with Crippen molar-refractivity contribution in [3.8, 4) is 0 Å². The van der Waals surface area contributed by atoms with Gasteiger partial charge in [-0.15, -0.1) is 0 Å². The zero-order chi connectivity index (χ0) is 14.5. The number of rotatable bonds is 4. The van der Waals surface area contributed by atoms with Gasteiger partial charge in [-0.1, -0.05) is 34.1 Å². The summed E-state index contributed by atoms with van der Waals surface area (Å²) in [5.74, 6) is 0.263. The van der Waals surface area contributed by atoms with E-state index in [1.165, 1.54) is 12.0 Å². The van der Waals surface area contributed by atoms with Crippen LogP contribution in [0.1, 0.15) is 31.7 Å². The molecule has 1 aliphatic rings. The highest BCUT2D eigenvalue weighted by Crippen LogP contribution is 2.19. The predicted molar refractivity (Wildman–Crippen MR) is 85.5 cm³/mol. The Bertz CT molecular complexity index is 458. The van der Waals surface area contributed by atoms with Crippen molar-refractivity contribution in [1.82, 2.24) is 9.80 Å². The molecule has 1 aromatic carbocycles. The summed E-state index contributed by atoms with van der Waals surface area (Å²) in [5, 5.41) is 0. The van der Waals surface area contributed by atoms with Gasteiger partial charge in [0.15, 0.2) is 0 Å². The molecule has 0 radical (unpaired) electrons. The Morgan fingerprint density at radius 3 is 2.60 bits per heavy atom. The minimum absolute atomic E-state index is 0.0693. The van der Waals surface area contributed by atoms with Gasteiger partial charge in [0.05, 0.1) is 6.04 Å². The van der Waals surface area contributed by atoms with Crippen LogP contribution in [-0.2, 0) is 11.3 Å². The number of halogens is 1. The monoisotopic (exact) mass is 338 g/mol. The van der Waals surface area contributed by atoms with E-state index in [9.17, 15) is 4.79 Å². The molecule has 2 rings (SSSR count). The van der Waals surface area contributed by atoms with Gasteiger partial charge in [0.1, 0.15) is 0 Å². The molecule has 1 saturated heterocycles. The van der Waals surface area contributed by atoms with E-state index in [4.69, 9.17) is 0 Å². The normalized spacial score (nSPS) is 17.3. The van der Waals surface area contributed by atoms with E-state index < -0.39 is 0 Å². The molecule has 1 amide bonds. The third kappa shape index (κ3) is 3.83. The van der Waals surface area contributed by atoms with Crippen LogP contribution >= 0.6 is 15.9 Å². The Balaban J connectivity index is 1.95. The lowest BCUT2D eigenvalue weighted by Gasteiger charge is -2.32. The highest BCUT2D eigenvalue weighted by atomic mass is 79.9. The molecule has 3 nitrogen and oxygen atoms in total. The van der Waals surface area contributed by atoms with E-state index in [2.05, 4.69) is 26.9 Å². The Kier molecular flexibility index (Phi) is 5.61. The van der Waals surface area contributed by atoms with Crippen LogP contribution in [0.15, 0.2) is 28.7 Å². The summed E-state index contributed by atoms with van der Waals surface area (Å²) < 4.78 is 1.10. The van der Waals surface area contributed by atoms with Gasteiger partial charge in [0, 0.05) is 24.1 Å². The first-order valence-electron chi connectivity index (χ1n) is 7.32. The van der Waals surface area contributed by atoms with Crippen LogP contribution in [0.3, 0.4) is 0 Å². The fourth-order valence-corrected chi connectivity index (χ4v) is 3.01. The zero-order valence-corrected chi connectivity index (χ0v) is 13.9. The van der Waals surface area contributed by atoms with Crippen LogP contribution in [0.4, 0.5) is 0 Å². The summed E-state index contributed by atoms with van der Waals surface area (Å²) in [6, 6.07) is 8.11. The van der Waals surface area contributed by atoms with Crippen molar-refractivity contribution in [2.24, 2.45) is 0 Å². The van der Waals surface area contributed by atoms with Crippen molar-refractivity contribution >= 4 is 21.8 Å². The molecule has 1 unspecified atom stereocenters. The molecule has 20 heavy (non-hydrogen) atoms. The molecule has 1 aromatic rings. The predicted octanol–water partition coefficient (Wildman–Crippen LogP) is 3.28. The molecule has 110 valence electrons. The van der Waals surface area contributed by atoms with Gasteiger partial charge in [-0.25, -0.2) is 0 Å². The standard InChI is InChI=1S/C16H23BrN2O/c1-13(16(20)19-10-6-3-7-11-19)18(2)12-14-8-4-5-9-15(14)17/h4-5,8-9,13H,3,6-7,10-12H2,1-2H3. The Morgan fingerprint density at radius 1 is 1.30 bits per heavy atom. The molecule has 1 atom stereocenters. The number of hydrogen-bond donors (Lipinski definition) is 0. The number of benzene rings is 1. The van der Waals surface area contributed by atoms with Crippen LogP contribution in [0.5, 0.6) is 0 Å². The quantitative estimate of drug-likeness (QED) is 0.841. The second-order valence-corrected chi connectivity index (χ2v) is 6.42. The smallest absolute Gasteiger partial charge is 0.239 e. The van der Waals surface area contributed by atoms with E-state index in [1.54, 1.807) is 0 Å². The Labute approximate surface area is 130 Å². The number of likely N-dealkylation sites (N-methyl/N-ethyl adjacent to an activating group) is 1. The van der Waals surface area contributed by atoms with Gasteiger partial charge in [-0.2, -0.15) is 0 Å². The number of piperidine rings is 1. The molecule has 4 heteroatoms. The molecule has 1 aliphatic heterocycles. The van der Waals surface area contributed by atoms with Gasteiger partial charge >= 0.3 is 0 Å². The Hall–Kier alpha value is -0.870. The first kappa shape index (κ1) is 15.5. The molecule has 0 N–H and O–H groups in total. The maximum Gasteiger partial charge on any atom is 0.239 e. The van der Waals surface area contributed by atoms with Gasteiger partial charge in [-0.05, 0) is 44.9 Å². The van der Waals surface area contributed by atoms with Crippen molar-refractivity contribution in [1.29, 1.82) is 0 Å². The van der Waals surface area contributed by atoms with Gasteiger partial charge < -0.3 is 4.90 Å². The molecule has 0 spiro atoms. The molecular weight excluding hydrogens is 316 g/mol. The molecule has 1 heterocycles. The number of likely N-dealkylation sites (tertiary alicyclic amines) is 1. The number of nitrogens with zero attached hydrogens (tertiary/aromatic N) is 2. The van der Waals surface area contributed by atoms with E-state index in [0.717, 1.165) is 36.9 Å². The average Bonchev–Trinajstić information content (AvgIpc) is 2.49. The van der Waals surface area contributed by atoms with E-state index in [0.29, 0.717) is 0 Å². The van der Waals surface area contributed by atoms with Crippen LogP contribution in [0.25, 0.3) is 0 Å². The highest BCUT2D eigenvalue weighted by Gasteiger charge is 2.25. The lowest BCUT2D eigenvalue weighted by atomic mass is 10.1. The van der Waals surface area contributed by atoms with E-state index in [-0.39, 0.29) is 11.9 Å². The second-order valence-electron chi connectivity index (χ2n) is 5.57. The summed E-state index contributed by atoms with van der Waals surface area (Å²) >= 11 is 3.57. The highest BCUT2D eigenvalue weighted by molar-refractivity contribution is 9.10. The van der Waals surface area contributed by atoms with Crippen molar-refractivity contribution < 1.29 is 4.79 Å². The largest absolute Gasteiger partial charge is 0.341 e. The molecule has 0 saturated carbocycles. The fraction of sp³-hybridized carbons (Fsp3) is 0.562. The number of hydrogen-bond acceptors (Lipinski definition) is 2. The zero-order valence-electron chi connectivity index (χ0n) is 12.3. The number of carbonyl (C=O) groups excluding carboxylic acids is 1. The summed E-state index contributed by atoms with van der Waals surface area (Å²) in [7, 11) is 2.02. The lowest BCUT2D eigenvalue weighted by molar-refractivity contribution is -0.137. The first-order valence-corrected chi connectivity index (χ1v) is 8.11. The van der Waals surface area contributed by atoms with Crippen LogP contribution in [0, 0.1) is 0 Å². The van der Waals surface area contributed by atoms with Gasteiger partial charge in [-0.3, -0.25) is 9.69 Å². The van der Waals surface area contributed by atoms with E-state index >= 15 is 0 Å². The van der Waals surface area contributed by atoms with Gasteiger partial charge in [0.2, 0.25) is 5.91 Å². The maximum atomic E-state index is 12.5. The minimum Gasteiger partial charge on any atom is -0.341 e. The molecule has 0 bridgehead atoms. The molecular formula is C16H23BrN2O. The van der Waals surface area contributed by atoms with Crippen LogP contribution in [-0.4, -0.2) is 41.9 Å². The minimum atomic E-state index is -0.0693. The van der Waals surface area contributed by atoms with Crippen molar-refractivity contribution in [2.75, 3.05) is 20.1 Å². The summed E-state index contributed by atoms with van der Waals surface area (Å²) in [4.78, 5) is 16.6. The third-order valence-electron chi connectivity index (χ3n) is 4.06. The van der Waals surface area contributed by atoms with Crippen LogP contribution < -0.4 is 0 Å². The third-order valence-corrected chi connectivity index (χ3v) is 4.84. The molecule has 1 fully saturated rings. The maximum absolute atomic E-state index is 12.5. The van der Waals surface area contributed by atoms with Gasteiger partial charge in [0.25, 0.3) is 0 Å². The number of amides is 1. The lowest BCUT2D eigenvalue weighted by Crippen LogP contribution is -2.47. The summed E-state index contributed by atoms with van der Waals surface area (Å²) in [6.07, 6.45) is 3.55. The van der Waals surface area contributed by atoms with Crippen molar-refractivity contribution in [2.45, 2.75) is 38.8 Å². The topological polar surface area (TPSA) is 23.6 Å². The summed E-state index contributed by atoms with van der Waals surface area (Å²) in [5.41, 5.74) is 1.22. The molecule has 0 aromatic heterocycles. The summed E-state index contributed by atoms with van der Waals surface area (Å²) in [6.45, 7) is 4.63. The van der Waals surface area contributed by atoms with Crippen LogP contribution in [0.2, 0.25) is 0 Å².